The Morgan fingerprint density at radius 1 is 1.50 bits per heavy atom. The van der Waals surface area contributed by atoms with E-state index < -0.39 is 11.9 Å². The van der Waals surface area contributed by atoms with E-state index in [0.717, 1.165) is 4.47 Å². The van der Waals surface area contributed by atoms with Crippen molar-refractivity contribution in [1.29, 1.82) is 0 Å². The summed E-state index contributed by atoms with van der Waals surface area (Å²) in [5.41, 5.74) is 0.791. The van der Waals surface area contributed by atoms with E-state index in [9.17, 15) is 9.50 Å². The van der Waals surface area contributed by atoms with Crippen molar-refractivity contribution in [3.8, 4) is 5.69 Å². The third-order valence-electron chi connectivity index (χ3n) is 2.25. The molecule has 16 heavy (non-hydrogen) atoms. The third-order valence-corrected chi connectivity index (χ3v) is 2.66. The number of hydrogen-bond donors (Lipinski definition) is 1. The summed E-state index contributed by atoms with van der Waals surface area (Å²) in [5.74, 6) is -0.408. The second kappa shape index (κ2) is 4.35. The highest BCUT2D eigenvalue weighted by atomic mass is 79.9. The fourth-order valence-electron chi connectivity index (χ4n) is 1.53. The Balaban J connectivity index is 2.62. The summed E-state index contributed by atoms with van der Waals surface area (Å²) in [6.07, 6.45) is 2.47. The maximum absolute atomic E-state index is 13.7. The number of aliphatic hydroxyl groups excluding tert-OH is 1. The Hall–Kier alpha value is -1.20. The number of halogens is 2. The summed E-state index contributed by atoms with van der Waals surface area (Å²) >= 11 is 3.25. The first kappa shape index (κ1) is 11.3. The average Bonchev–Trinajstić information content (AvgIpc) is 2.64. The molecule has 1 atom stereocenters. The molecule has 0 saturated heterocycles. The molecule has 0 unspecified atom stereocenters. The molecule has 1 aromatic carbocycles. The molecule has 0 aliphatic carbocycles. The molecule has 5 heteroatoms. The Morgan fingerprint density at radius 3 is 2.81 bits per heavy atom. The van der Waals surface area contributed by atoms with Crippen molar-refractivity contribution in [2.24, 2.45) is 0 Å². The summed E-state index contributed by atoms with van der Waals surface area (Å²) in [6, 6.07) is 4.59. The Bertz CT molecular complexity index is 510. The quantitative estimate of drug-likeness (QED) is 0.921. The molecule has 3 nitrogen and oxygen atoms in total. The van der Waals surface area contributed by atoms with Crippen LogP contribution < -0.4 is 0 Å². The molecule has 0 aliphatic rings. The number of aromatic nitrogens is 2. The summed E-state index contributed by atoms with van der Waals surface area (Å²) in [6.45, 7) is 1.59. The van der Waals surface area contributed by atoms with Crippen molar-refractivity contribution in [3.63, 3.8) is 0 Å². The lowest BCUT2D eigenvalue weighted by atomic mass is 10.1. The van der Waals surface area contributed by atoms with Crippen LogP contribution in [0.15, 0.2) is 35.1 Å². The molecular weight excluding hydrogens is 275 g/mol. The van der Waals surface area contributed by atoms with Gasteiger partial charge in [-0.2, -0.15) is 5.10 Å². The van der Waals surface area contributed by atoms with Crippen molar-refractivity contribution in [2.45, 2.75) is 13.0 Å². The normalized spacial score (nSPS) is 12.8. The molecule has 2 rings (SSSR count). The van der Waals surface area contributed by atoms with E-state index in [1.54, 1.807) is 31.5 Å². The number of aliphatic hydroxyl groups is 1. The molecule has 0 saturated carbocycles. The maximum atomic E-state index is 13.7. The summed E-state index contributed by atoms with van der Waals surface area (Å²) in [4.78, 5) is 0. The van der Waals surface area contributed by atoms with Gasteiger partial charge in [-0.1, -0.05) is 12.1 Å². The van der Waals surface area contributed by atoms with Gasteiger partial charge in [0, 0.05) is 11.8 Å². The first-order chi connectivity index (χ1) is 7.59. The van der Waals surface area contributed by atoms with E-state index >= 15 is 0 Å². The molecule has 2 aromatic rings. The van der Waals surface area contributed by atoms with Crippen LogP contribution in [0.1, 0.15) is 18.6 Å². The number of benzene rings is 1. The van der Waals surface area contributed by atoms with E-state index in [0.29, 0.717) is 5.56 Å². The standard InChI is InChI=1S/C11H10BrFN2O/c1-7(16)9-3-2-4-10(13)11(9)15-6-8(12)5-14-15/h2-7,16H,1H3/t7-/m0/s1. The van der Waals surface area contributed by atoms with E-state index in [-0.39, 0.29) is 5.69 Å². The minimum Gasteiger partial charge on any atom is -0.389 e. The fraction of sp³-hybridized carbons (Fsp3) is 0.182. The number of hydrogen-bond acceptors (Lipinski definition) is 2. The second-order valence-corrected chi connectivity index (χ2v) is 4.37. The topological polar surface area (TPSA) is 38.0 Å². The summed E-state index contributed by atoms with van der Waals surface area (Å²) in [7, 11) is 0. The predicted octanol–water partition coefficient (Wildman–Crippen LogP) is 2.83. The van der Waals surface area contributed by atoms with Gasteiger partial charge < -0.3 is 5.11 Å². The van der Waals surface area contributed by atoms with Gasteiger partial charge in [0.05, 0.1) is 16.8 Å². The maximum Gasteiger partial charge on any atom is 0.149 e. The van der Waals surface area contributed by atoms with E-state index in [2.05, 4.69) is 21.0 Å². The SMILES string of the molecule is C[C@H](O)c1cccc(F)c1-n1cc(Br)cn1. The van der Waals surface area contributed by atoms with E-state index in [4.69, 9.17) is 0 Å². The van der Waals surface area contributed by atoms with Gasteiger partial charge >= 0.3 is 0 Å². The lowest BCUT2D eigenvalue weighted by molar-refractivity contribution is 0.198. The molecule has 0 radical (unpaired) electrons. The highest BCUT2D eigenvalue weighted by Gasteiger charge is 2.14. The smallest absolute Gasteiger partial charge is 0.149 e. The van der Waals surface area contributed by atoms with Crippen LogP contribution in [-0.2, 0) is 0 Å². The van der Waals surface area contributed by atoms with Crippen LogP contribution in [0.4, 0.5) is 4.39 Å². The summed E-state index contributed by atoms with van der Waals surface area (Å²) in [5, 5.41) is 13.6. The van der Waals surface area contributed by atoms with Crippen molar-refractivity contribution >= 4 is 15.9 Å². The van der Waals surface area contributed by atoms with Crippen molar-refractivity contribution < 1.29 is 9.50 Å². The van der Waals surface area contributed by atoms with E-state index in [1.165, 1.54) is 10.7 Å². The molecule has 0 amide bonds. The van der Waals surface area contributed by atoms with Crippen LogP contribution >= 0.6 is 15.9 Å². The van der Waals surface area contributed by atoms with Gasteiger partial charge in [-0.15, -0.1) is 0 Å². The van der Waals surface area contributed by atoms with Crippen LogP contribution in [0.2, 0.25) is 0 Å². The fourth-order valence-corrected chi connectivity index (χ4v) is 1.82. The van der Waals surface area contributed by atoms with Crippen molar-refractivity contribution in [1.82, 2.24) is 9.78 Å². The molecular formula is C11H10BrFN2O. The molecule has 1 aromatic heterocycles. The predicted molar refractivity (Wildman–Crippen MR) is 61.9 cm³/mol. The zero-order valence-corrected chi connectivity index (χ0v) is 10.1. The lowest BCUT2D eigenvalue weighted by Gasteiger charge is -2.12. The van der Waals surface area contributed by atoms with Gasteiger partial charge in [-0.25, -0.2) is 9.07 Å². The van der Waals surface area contributed by atoms with Crippen molar-refractivity contribution in [2.75, 3.05) is 0 Å². The van der Waals surface area contributed by atoms with Gasteiger partial charge in [-0.05, 0) is 28.9 Å². The summed E-state index contributed by atoms with van der Waals surface area (Å²) < 4.78 is 15.9. The zero-order chi connectivity index (χ0) is 11.7. The number of rotatable bonds is 2. The highest BCUT2D eigenvalue weighted by Crippen LogP contribution is 2.24. The lowest BCUT2D eigenvalue weighted by Crippen LogP contribution is -2.05. The Morgan fingerprint density at radius 2 is 2.25 bits per heavy atom. The second-order valence-electron chi connectivity index (χ2n) is 3.46. The van der Waals surface area contributed by atoms with Crippen molar-refractivity contribution in [3.05, 3.63) is 46.4 Å². The van der Waals surface area contributed by atoms with Gasteiger partial charge in [0.25, 0.3) is 0 Å². The molecule has 0 spiro atoms. The van der Waals surface area contributed by atoms with Gasteiger partial charge in [0.15, 0.2) is 0 Å². The largest absolute Gasteiger partial charge is 0.389 e. The van der Waals surface area contributed by atoms with Crippen LogP contribution in [0.25, 0.3) is 5.69 Å². The van der Waals surface area contributed by atoms with E-state index in [1.807, 2.05) is 0 Å². The number of nitrogens with zero attached hydrogens (tertiary/aromatic N) is 2. The number of para-hydroxylation sites is 1. The molecule has 0 bridgehead atoms. The van der Waals surface area contributed by atoms with Gasteiger partial charge in [0.2, 0.25) is 0 Å². The van der Waals surface area contributed by atoms with Crippen LogP contribution in [0.3, 0.4) is 0 Å². The molecule has 0 aliphatic heterocycles. The molecule has 84 valence electrons. The molecule has 0 fully saturated rings. The van der Waals surface area contributed by atoms with Crippen LogP contribution in [-0.4, -0.2) is 14.9 Å². The third kappa shape index (κ3) is 2.01. The van der Waals surface area contributed by atoms with Gasteiger partial charge in [-0.3, -0.25) is 0 Å². The minimum atomic E-state index is -0.742. The van der Waals surface area contributed by atoms with Crippen LogP contribution in [0, 0.1) is 5.82 Å². The zero-order valence-electron chi connectivity index (χ0n) is 8.56. The Kier molecular flexibility index (Phi) is 3.07. The monoisotopic (exact) mass is 284 g/mol. The highest BCUT2D eigenvalue weighted by molar-refractivity contribution is 9.10. The molecule has 1 heterocycles. The first-order valence-electron chi connectivity index (χ1n) is 4.76. The average molecular weight is 285 g/mol. The first-order valence-corrected chi connectivity index (χ1v) is 5.56. The Labute approximate surface area is 101 Å². The minimum absolute atomic E-state index is 0.281. The van der Waals surface area contributed by atoms with Gasteiger partial charge in [0.1, 0.15) is 11.5 Å². The molecule has 1 N–H and O–H groups in total. The van der Waals surface area contributed by atoms with Crippen LogP contribution in [0.5, 0.6) is 0 Å².